The van der Waals surface area contributed by atoms with Crippen LogP contribution in [0.4, 0.5) is 5.69 Å². The number of benzene rings is 1. The molecule has 0 spiro atoms. The van der Waals surface area contributed by atoms with Gasteiger partial charge in [0, 0.05) is 12.8 Å². The molecular weight excluding hydrogens is 258 g/mol. The van der Waals surface area contributed by atoms with E-state index in [0.29, 0.717) is 10.5 Å². The monoisotopic (exact) mass is 286 g/mol. The average molecular weight is 286 g/mol. The molecule has 2 saturated carbocycles. The lowest BCUT2D eigenvalue weighted by Crippen LogP contribution is -2.55. The number of carbonyl (C=O) groups is 1. The summed E-state index contributed by atoms with van der Waals surface area (Å²) in [4.78, 5) is 11.9. The SMILES string of the molecule is Cc1ccc([N+](C)(C=O)C2CCC3CCCCC3C2)cc1. The first-order chi connectivity index (χ1) is 10.1. The summed E-state index contributed by atoms with van der Waals surface area (Å²) in [5, 5.41) is 0. The molecule has 2 fully saturated rings. The zero-order valence-corrected chi connectivity index (χ0v) is 13.4. The first kappa shape index (κ1) is 14.8. The minimum atomic E-state index is 0.462. The fraction of sp³-hybridized carbons (Fsp3) is 0.632. The van der Waals surface area contributed by atoms with Crippen molar-refractivity contribution in [1.29, 1.82) is 0 Å². The zero-order chi connectivity index (χ0) is 14.9. The highest BCUT2D eigenvalue weighted by molar-refractivity contribution is 5.69. The van der Waals surface area contributed by atoms with E-state index in [9.17, 15) is 4.79 Å². The molecule has 114 valence electrons. The average Bonchev–Trinajstić information content (AvgIpc) is 2.54. The predicted molar refractivity (Wildman–Crippen MR) is 88.0 cm³/mol. The van der Waals surface area contributed by atoms with E-state index in [0.717, 1.165) is 17.5 Å². The Kier molecular flexibility index (Phi) is 4.17. The largest absolute Gasteiger partial charge is 0.306 e. The molecule has 0 N–H and O–H groups in total. The molecule has 1 aromatic rings. The fourth-order valence-electron chi connectivity index (χ4n) is 4.56. The van der Waals surface area contributed by atoms with Crippen LogP contribution >= 0.6 is 0 Å². The van der Waals surface area contributed by atoms with E-state index in [1.165, 1.54) is 56.9 Å². The van der Waals surface area contributed by atoms with Crippen LogP contribution in [0.5, 0.6) is 0 Å². The van der Waals surface area contributed by atoms with E-state index in [1.807, 2.05) is 0 Å². The van der Waals surface area contributed by atoms with Crippen LogP contribution < -0.4 is 4.48 Å². The molecular formula is C19H28NO+. The van der Waals surface area contributed by atoms with Crippen molar-refractivity contribution in [2.75, 3.05) is 7.05 Å². The molecule has 0 saturated heterocycles. The van der Waals surface area contributed by atoms with Gasteiger partial charge in [0.1, 0.15) is 11.7 Å². The maximum atomic E-state index is 11.9. The lowest BCUT2D eigenvalue weighted by atomic mass is 9.69. The van der Waals surface area contributed by atoms with Gasteiger partial charge in [0.2, 0.25) is 0 Å². The third kappa shape index (κ3) is 2.78. The van der Waals surface area contributed by atoms with Crippen LogP contribution in [0.1, 0.15) is 50.5 Å². The Morgan fingerprint density at radius 2 is 1.67 bits per heavy atom. The van der Waals surface area contributed by atoms with Gasteiger partial charge in [-0.05, 0) is 43.7 Å². The number of rotatable bonds is 3. The number of nitrogens with zero attached hydrogens (tertiary/aromatic N) is 1. The first-order valence-electron chi connectivity index (χ1n) is 8.53. The second-order valence-corrected chi connectivity index (χ2v) is 7.36. The van der Waals surface area contributed by atoms with Crippen LogP contribution in [-0.2, 0) is 4.79 Å². The molecule has 0 aromatic heterocycles. The molecule has 2 aliphatic carbocycles. The highest BCUT2D eigenvalue weighted by atomic mass is 16.1. The Hall–Kier alpha value is -1.15. The summed E-state index contributed by atoms with van der Waals surface area (Å²) in [6, 6.07) is 8.99. The van der Waals surface area contributed by atoms with Gasteiger partial charge in [-0.1, -0.05) is 37.0 Å². The molecule has 2 nitrogen and oxygen atoms in total. The van der Waals surface area contributed by atoms with E-state index < -0.39 is 0 Å². The van der Waals surface area contributed by atoms with Gasteiger partial charge in [0.05, 0.1) is 7.05 Å². The number of carbonyl (C=O) groups excluding carboxylic acids is 1. The van der Waals surface area contributed by atoms with Crippen molar-refractivity contribution in [3.8, 4) is 0 Å². The molecule has 1 amide bonds. The van der Waals surface area contributed by atoms with Gasteiger partial charge < -0.3 is 0 Å². The topological polar surface area (TPSA) is 17.1 Å². The van der Waals surface area contributed by atoms with Crippen molar-refractivity contribution >= 4 is 12.1 Å². The molecule has 0 heterocycles. The summed E-state index contributed by atoms with van der Waals surface area (Å²) in [5.41, 5.74) is 2.40. The third-order valence-corrected chi connectivity index (χ3v) is 6.08. The molecule has 0 aliphatic heterocycles. The van der Waals surface area contributed by atoms with E-state index in [2.05, 4.69) is 38.2 Å². The van der Waals surface area contributed by atoms with E-state index in [4.69, 9.17) is 0 Å². The van der Waals surface area contributed by atoms with Crippen molar-refractivity contribution < 1.29 is 4.79 Å². The second-order valence-electron chi connectivity index (χ2n) is 7.36. The Morgan fingerprint density at radius 1 is 1.00 bits per heavy atom. The van der Waals surface area contributed by atoms with Crippen LogP contribution in [0.15, 0.2) is 24.3 Å². The maximum absolute atomic E-state index is 11.9. The van der Waals surface area contributed by atoms with Crippen LogP contribution in [-0.4, -0.2) is 19.5 Å². The van der Waals surface area contributed by atoms with Crippen molar-refractivity contribution in [3.05, 3.63) is 29.8 Å². The standard InChI is InChI=1S/C19H28NO/c1-15-7-10-18(11-8-15)20(2,14-21)19-12-9-16-5-3-4-6-17(16)13-19/h7-8,10-11,14,16-17,19H,3-6,9,12-13H2,1-2H3/q+1. The van der Waals surface area contributed by atoms with Crippen molar-refractivity contribution in [2.24, 2.45) is 11.8 Å². The molecule has 3 rings (SSSR count). The van der Waals surface area contributed by atoms with Crippen molar-refractivity contribution in [1.82, 2.24) is 4.48 Å². The summed E-state index contributed by atoms with van der Waals surface area (Å²) in [7, 11) is 2.10. The molecule has 4 unspecified atom stereocenters. The van der Waals surface area contributed by atoms with Crippen molar-refractivity contribution in [2.45, 2.75) is 57.9 Å². The van der Waals surface area contributed by atoms with Crippen LogP contribution in [0.2, 0.25) is 0 Å². The number of quaternary nitrogens is 1. The van der Waals surface area contributed by atoms with Gasteiger partial charge >= 0.3 is 6.41 Å². The maximum Gasteiger partial charge on any atom is 0.306 e. The number of hydrogen-bond acceptors (Lipinski definition) is 1. The lowest BCUT2D eigenvalue weighted by Gasteiger charge is -2.44. The zero-order valence-electron chi connectivity index (χ0n) is 13.4. The minimum absolute atomic E-state index is 0.462. The summed E-state index contributed by atoms with van der Waals surface area (Å²) in [6.45, 7) is 2.10. The summed E-state index contributed by atoms with van der Waals surface area (Å²) >= 11 is 0. The third-order valence-electron chi connectivity index (χ3n) is 6.08. The molecule has 0 radical (unpaired) electrons. The van der Waals surface area contributed by atoms with E-state index in [1.54, 1.807) is 0 Å². The number of amides is 1. The van der Waals surface area contributed by atoms with E-state index in [-0.39, 0.29) is 0 Å². The summed E-state index contributed by atoms with van der Waals surface area (Å²) < 4.78 is 0.462. The molecule has 2 heteroatoms. The molecule has 1 aromatic carbocycles. The Bertz CT molecular complexity index is 495. The molecule has 21 heavy (non-hydrogen) atoms. The number of aryl methyl sites for hydroxylation is 1. The fourth-order valence-corrected chi connectivity index (χ4v) is 4.56. The molecule has 2 aliphatic rings. The lowest BCUT2D eigenvalue weighted by molar-refractivity contribution is -0.119. The Labute approximate surface area is 128 Å². The Morgan fingerprint density at radius 3 is 2.33 bits per heavy atom. The van der Waals surface area contributed by atoms with Gasteiger partial charge in [-0.2, -0.15) is 0 Å². The second kappa shape index (κ2) is 5.92. The van der Waals surface area contributed by atoms with Crippen molar-refractivity contribution in [3.63, 3.8) is 0 Å². The minimum Gasteiger partial charge on any atom is -0.233 e. The van der Waals surface area contributed by atoms with Crippen LogP contribution in [0, 0.1) is 18.8 Å². The number of fused-ring (bicyclic) bond motifs is 1. The van der Waals surface area contributed by atoms with Gasteiger partial charge in [-0.15, -0.1) is 0 Å². The summed E-state index contributed by atoms with van der Waals surface area (Å²) in [5.74, 6) is 1.80. The summed E-state index contributed by atoms with van der Waals surface area (Å²) in [6.07, 6.45) is 10.5. The Balaban J connectivity index is 1.82. The highest BCUT2D eigenvalue weighted by Crippen LogP contribution is 2.43. The normalized spacial score (nSPS) is 32.0. The van der Waals surface area contributed by atoms with Crippen LogP contribution in [0.3, 0.4) is 0 Å². The first-order valence-corrected chi connectivity index (χ1v) is 8.53. The van der Waals surface area contributed by atoms with Crippen LogP contribution in [0.25, 0.3) is 0 Å². The highest BCUT2D eigenvalue weighted by Gasteiger charge is 2.42. The molecule has 4 atom stereocenters. The van der Waals surface area contributed by atoms with E-state index >= 15 is 0 Å². The number of hydrogen-bond donors (Lipinski definition) is 0. The smallest absolute Gasteiger partial charge is 0.233 e. The van der Waals surface area contributed by atoms with Gasteiger partial charge in [-0.3, -0.25) is 0 Å². The predicted octanol–water partition coefficient (Wildman–Crippen LogP) is 4.45. The van der Waals surface area contributed by atoms with Gasteiger partial charge in [0.25, 0.3) is 0 Å². The molecule has 0 bridgehead atoms. The quantitative estimate of drug-likeness (QED) is 0.593. The van der Waals surface area contributed by atoms with Gasteiger partial charge in [0.15, 0.2) is 0 Å². The van der Waals surface area contributed by atoms with Gasteiger partial charge in [-0.25, -0.2) is 9.28 Å².